The molecule has 0 aliphatic rings. The lowest BCUT2D eigenvalue weighted by atomic mass is 10.3. The molecule has 16 heavy (non-hydrogen) atoms. The van der Waals surface area contributed by atoms with Gasteiger partial charge in [0, 0.05) is 32.4 Å². The monoisotopic (exact) mass is 249 g/mol. The Bertz CT molecular complexity index is 207. The standard InChI is InChI=1S/C6H16O3Si.C4H7NO/c1-6(2)10(7-3,8-4)9-5;1-3(2)4(5)6/h6H,1-5H3;1H2,2H3,(H2,5,6). The third kappa shape index (κ3) is 6.01. The molecule has 0 saturated heterocycles. The van der Waals surface area contributed by atoms with Crippen LogP contribution in [0, 0.1) is 0 Å². The minimum atomic E-state index is -2.29. The number of hydrogen-bond donors (Lipinski definition) is 1. The van der Waals surface area contributed by atoms with Crippen LogP contribution in [0.2, 0.25) is 5.54 Å². The summed E-state index contributed by atoms with van der Waals surface area (Å²) < 4.78 is 15.6. The zero-order chi connectivity index (χ0) is 13.4. The summed E-state index contributed by atoms with van der Waals surface area (Å²) in [5.41, 5.74) is 5.41. The second kappa shape index (κ2) is 8.46. The number of rotatable bonds is 5. The molecular weight excluding hydrogens is 226 g/mol. The molecule has 0 aliphatic heterocycles. The van der Waals surface area contributed by atoms with Crippen LogP contribution >= 0.6 is 0 Å². The van der Waals surface area contributed by atoms with E-state index in [1.54, 1.807) is 28.3 Å². The molecule has 0 radical (unpaired) electrons. The van der Waals surface area contributed by atoms with E-state index in [2.05, 4.69) is 6.58 Å². The summed E-state index contributed by atoms with van der Waals surface area (Å²) in [4.78, 5) is 9.82. The fourth-order valence-corrected chi connectivity index (χ4v) is 2.87. The molecule has 0 bridgehead atoms. The van der Waals surface area contributed by atoms with Gasteiger partial charge >= 0.3 is 8.80 Å². The van der Waals surface area contributed by atoms with Crippen molar-refractivity contribution in [3.63, 3.8) is 0 Å². The fraction of sp³-hybridized carbons (Fsp3) is 0.700. The first-order valence-electron chi connectivity index (χ1n) is 4.88. The molecule has 6 heteroatoms. The normalized spacial score (nSPS) is 10.7. The first-order chi connectivity index (χ1) is 7.27. The maximum atomic E-state index is 9.82. The van der Waals surface area contributed by atoms with Crippen molar-refractivity contribution in [1.29, 1.82) is 0 Å². The lowest BCUT2D eigenvalue weighted by Gasteiger charge is -2.27. The van der Waals surface area contributed by atoms with E-state index < -0.39 is 14.7 Å². The number of carbonyl (C=O) groups excluding carboxylic acids is 1. The van der Waals surface area contributed by atoms with Crippen molar-refractivity contribution in [2.45, 2.75) is 26.3 Å². The molecule has 0 aromatic carbocycles. The van der Waals surface area contributed by atoms with E-state index in [-0.39, 0.29) is 0 Å². The van der Waals surface area contributed by atoms with Crippen molar-refractivity contribution in [2.24, 2.45) is 5.73 Å². The van der Waals surface area contributed by atoms with Crippen LogP contribution < -0.4 is 5.73 Å². The molecule has 0 fully saturated rings. The zero-order valence-electron chi connectivity index (χ0n) is 11.0. The van der Waals surface area contributed by atoms with Gasteiger partial charge in [-0.3, -0.25) is 4.79 Å². The lowest BCUT2D eigenvalue weighted by Crippen LogP contribution is -2.45. The molecule has 0 atom stereocenters. The van der Waals surface area contributed by atoms with E-state index in [0.717, 1.165) is 0 Å². The van der Waals surface area contributed by atoms with Crippen LogP contribution in [0.3, 0.4) is 0 Å². The third-order valence-electron chi connectivity index (χ3n) is 1.98. The van der Waals surface area contributed by atoms with Gasteiger partial charge in [0.05, 0.1) is 0 Å². The van der Waals surface area contributed by atoms with E-state index in [9.17, 15) is 4.79 Å². The second-order valence-corrected chi connectivity index (χ2v) is 7.10. The maximum absolute atomic E-state index is 9.82. The Morgan fingerprint density at radius 1 is 1.19 bits per heavy atom. The summed E-state index contributed by atoms with van der Waals surface area (Å²) >= 11 is 0. The highest BCUT2D eigenvalue weighted by atomic mass is 28.4. The molecule has 2 N–H and O–H groups in total. The maximum Gasteiger partial charge on any atom is 0.502 e. The Balaban J connectivity index is 0. The Morgan fingerprint density at radius 3 is 1.44 bits per heavy atom. The third-order valence-corrected chi connectivity index (χ3v) is 5.10. The predicted molar refractivity (Wildman–Crippen MR) is 65.9 cm³/mol. The van der Waals surface area contributed by atoms with Crippen molar-refractivity contribution in [1.82, 2.24) is 0 Å². The molecule has 0 saturated carbocycles. The summed E-state index contributed by atoms with van der Waals surface area (Å²) in [6.07, 6.45) is 0. The number of amides is 1. The minimum Gasteiger partial charge on any atom is -0.377 e. The van der Waals surface area contributed by atoms with E-state index in [1.165, 1.54) is 0 Å². The van der Waals surface area contributed by atoms with Crippen LogP contribution in [0.15, 0.2) is 12.2 Å². The molecular formula is C10H23NO4Si. The van der Waals surface area contributed by atoms with Crippen LogP contribution in [-0.2, 0) is 18.1 Å². The first kappa shape index (κ1) is 17.7. The first-order valence-corrected chi connectivity index (χ1v) is 6.68. The largest absolute Gasteiger partial charge is 0.502 e. The zero-order valence-corrected chi connectivity index (χ0v) is 12.0. The van der Waals surface area contributed by atoms with Gasteiger partial charge < -0.3 is 19.0 Å². The Morgan fingerprint density at radius 2 is 1.44 bits per heavy atom. The lowest BCUT2D eigenvalue weighted by molar-refractivity contribution is -0.114. The minimum absolute atomic E-state index is 0.312. The summed E-state index contributed by atoms with van der Waals surface area (Å²) in [5.74, 6) is -0.435. The van der Waals surface area contributed by atoms with E-state index in [4.69, 9.17) is 19.0 Å². The van der Waals surface area contributed by atoms with Crippen molar-refractivity contribution in [2.75, 3.05) is 21.3 Å². The van der Waals surface area contributed by atoms with Crippen molar-refractivity contribution >= 4 is 14.7 Å². The summed E-state index contributed by atoms with van der Waals surface area (Å²) in [5, 5.41) is 0. The molecule has 0 spiro atoms. The van der Waals surface area contributed by atoms with E-state index >= 15 is 0 Å². The van der Waals surface area contributed by atoms with Crippen LogP contribution in [0.1, 0.15) is 20.8 Å². The van der Waals surface area contributed by atoms with Gasteiger partial charge in [-0.2, -0.15) is 0 Å². The number of primary amides is 1. The Labute approximate surface area is 98.9 Å². The molecule has 1 amide bonds. The summed E-state index contributed by atoms with van der Waals surface area (Å²) in [6, 6.07) is 0. The molecule has 0 aliphatic carbocycles. The number of nitrogens with two attached hydrogens (primary N) is 1. The SMILES string of the molecule is C=C(C)C(N)=O.CO[Si](OC)(OC)C(C)C. The molecule has 0 heterocycles. The van der Waals surface area contributed by atoms with E-state index in [1.807, 2.05) is 13.8 Å². The van der Waals surface area contributed by atoms with Crippen LogP contribution in [0.25, 0.3) is 0 Å². The van der Waals surface area contributed by atoms with Gasteiger partial charge in [-0.25, -0.2) is 0 Å². The number of hydrogen-bond acceptors (Lipinski definition) is 4. The smallest absolute Gasteiger partial charge is 0.377 e. The van der Waals surface area contributed by atoms with Crippen molar-refractivity contribution in [3.05, 3.63) is 12.2 Å². The highest BCUT2D eigenvalue weighted by Crippen LogP contribution is 2.21. The van der Waals surface area contributed by atoms with Crippen LogP contribution in [0.4, 0.5) is 0 Å². The quantitative estimate of drug-likeness (QED) is 0.589. The molecule has 0 unspecified atom stereocenters. The molecule has 96 valence electrons. The van der Waals surface area contributed by atoms with Gasteiger partial charge in [-0.1, -0.05) is 20.4 Å². The molecule has 0 rings (SSSR count). The number of carbonyl (C=O) groups is 1. The highest BCUT2D eigenvalue weighted by molar-refractivity contribution is 6.62. The highest BCUT2D eigenvalue weighted by Gasteiger charge is 2.41. The van der Waals surface area contributed by atoms with Gasteiger partial charge in [-0.15, -0.1) is 0 Å². The van der Waals surface area contributed by atoms with Crippen molar-refractivity contribution in [3.8, 4) is 0 Å². The molecule has 0 aromatic rings. The van der Waals surface area contributed by atoms with Gasteiger partial charge in [0.15, 0.2) is 0 Å². The topological polar surface area (TPSA) is 70.8 Å². The Kier molecular flexibility index (Phi) is 9.35. The average Bonchev–Trinajstić information content (AvgIpc) is 2.21. The van der Waals surface area contributed by atoms with Crippen LogP contribution in [0.5, 0.6) is 0 Å². The van der Waals surface area contributed by atoms with Crippen molar-refractivity contribution < 1.29 is 18.1 Å². The summed E-state index contributed by atoms with van der Waals surface area (Å²) in [6.45, 7) is 8.91. The molecule has 5 nitrogen and oxygen atoms in total. The second-order valence-electron chi connectivity index (χ2n) is 3.52. The Hall–Kier alpha value is -0.693. The predicted octanol–water partition coefficient (Wildman–Crippen LogP) is 1.32. The van der Waals surface area contributed by atoms with Gasteiger partial charge in [0.2, 0.25) is 5.91 Å². The van der Waals surface area contributed by atoms with E-state index in [0.29, 0.717) is 11.1 Å². The van der Waals surface area contributed by atoms with Crippen LogP contribution in [-0.4, -0.2) is 36.0 Å². The average molecular weight is 249 g/mol. The summed E-state index contributed by atoms with van der Waals surface area (Å²) in [7, 11) is 2.58. The fourth-order valence-electron chi connectivity index (χ4n) is 0.957. The van der Waals surface area contributed by atoms with Gasteiger partial charge in [-0.05, 0) is 6.92 Å². The van der Waals surface area contributed by atoms with Gasteiger partial charge in [0.25, 0.3) is 0 Å². The van der Waals surface area contributed by atoms with Gasteiger partial charge in [0.1, 0.15) is 0 Å². The molecule has 0 aromatic heterocycles.